The molecule has 3 N–H and O–H groups in total. The molecule has 1 heterocycles. The Morgan fingerprint density at radius 3 is 2.70 bits per heavy atom. The largest absolute Gasteiger partial charge is 0.491 e. The topological polar surface area (TPSA) is 109 Å². The van der Waals surface area contributed by atoms with E-state index in [1.807, 2.05) is 13.0 Å². The van der Waals surface area contributed by atoms with Crippen LogP contribution in [-0.2, 0) is 4.79 Å². The monoisotopic (exact) mass is 455 g/mol. The predicted molar refractivity (Wildman–Crippen MR) is 121 cm³/mol. The highest BCUT2D eigenvalue weighted by molar-refractivity contribution is 5.95. The first-order valence-electron chi connectivity index (χ1n) is 11.7. The number of allylic oxidation sites excluding steroid dienone is 1. The summed E-state index contributed by atoms with van der Waals surface area (Å²) in [6, 6.07) is 3.41. The molecular formula is C26H33NO6. The van der Waals surface area contributed by atoms with Gasteiger partial charge in [-0.25, -0.2) is 4.98 Å². The highest BCUT2D eigenvalue weighted by Crippen LogP contribution is 2.71. The molecule has 4 aliphatic rings. The fourth-order valence-electron chi connectivity index (χ4n) is 7.33. The van der Waals surface area contributed by atoms with E-state index in [9.17, 15) is 20.1 Å². The molecule has 2 bridgehead atoms. The average molecular weight is 456 g/mol. The lowest BCUT2D eigenvalue weighted by molar-refractivity contribution is -0.186. The van der Waals surface area contributed by atoms with Gasteiger partial charge in [-0.15, -0.1) is 0 Å². The molecule has 7 nitrogen and oxygen atoms in total. The Bertz CT molecular complexity index is 1060. The van der Waals surface area contributed by atoms with E-state index in [-0.39, 0.29) is 34.5 Å². The van der Waals surface area contributed by atoms with E-state index in [2.05, 4.69) is 18.8 Å². The maximum absolute atomic E-state index is 14.3. The number of ketones is 1. The van der Waals surface area contributed by atoms with Crippen molar-refractivity contribution in [2.75, 3.05) is 13.7 Å². The Kier molecular flexibility index (Phi) is 4.88. The van der Waals surface area contributed by atoms with Crippen LogP contribution >= 0.6 is 0 Å². The minimum absolute atomic E-state index is 0.00470. The third kappa shape index (κ3) is 2.67. The van der Waals surface area contributed by atoms with E-state index in [1.165, 1.54) is 7.11 Å². The second-order valence-corrected chi connectivity index (χ2v) is 10.9. The summed E-state index contributed by atoms with van der Waals surface area (Å²) in [6.45, 7) is 7.70. The maximum Gasteiger partial charge on any atom is 0.257 e. The van der Waals surface area contributed by atoms with Gasteiger partial charge in [-0.1, -0.05) is 32.9 Å². The van der Waals surface area contributed by atoms with Crippen LogP contribution in [0.15, 0.2) is 41.6 Å². The molecule has 4 aliphatic carbocycles. The van der Waals surface area contributed by atoms with Crippen LogP contribution in [0.2, 0.25) is 0 Å². The zero-order valence-corrected chi connectivity index (χ0v) is 19.8. The third-order valence-electron chi connectivity index (χ3n) is 9.08. The minimum Gasteiger partial charge on any atom is -0.491 e. The maximum atomic E-state index is 14.3. The Morgan fingerprint density at radius 2 is 2.03 bits per heavy atom. The molecule has 1 spiro atoms. The van der Waals surface area contributed by atoms with E-state index >= 15 is 0 Å². The van der Waals surface area contributed by atoms with E-state index in [4.69, 9.17) is 9.47 Å². The molecule has 178 valence electrons. The first kappa shape index (κ1) is 22.6. The number of rotatable bonds is 4. The van der Waals surface area contributed by atoms with Crippen molar-refractivity contribution in [3.8, 4) is 11.6 Å². The highest BCUT2D eigenvalue weighted by Gasteiger charge is 2.76. The number of Topliss-reactive ketones (excluding diaryl/α,β-unsaturated/α-hetero) is 1. The molecule has 0 radical (unpaired) electrons. The van der Waals surface area contributed by atoms with Crippen LogP contribution in [0.1, 0.15) is 34.1 Å². The van der Waals surface area contributed by atoms with Crippen LogP contribution in [0.3, 0.4) is 0 Å². The van der Waals surface area contributed by atoms with Crippen molar-refractivity contribution in [1.82, 2.24) is 4.98 Å². The summed E-state index contributed by atoms with van der Waals surface area (Å²) >= 11 is 0. The molecule has 0 aliphatic heterocycles. The third-order valence-corrected chi connectivity index (χ3v) is 9.08. The van der Waals surface area contributed by atoms with Crippen LogP contribution in [0, 0.1) is 34.5 Å². The number of aromatic nitrogens is 1. The number of pyridine rings is 1. The number of hydrogen-bond donors (Lipinski definition) is 3. The van der Waals surface area contributed by atoms with Crippen LogP contribution in [0.4, 0.5) is 0 Å². The van der Waals surface area contributed by atoms with E-state index in [0.717, 1.165) is 6.42 Å². The average Bonchev–Trinajstić information content (AvgIpc) is 3.28. The molecule has 0 aromatic carbocycles. The first-order chi connectivity index (χ1) is 15.5. The molecule has 0 amide bonds. The molecule has 33 heavy (non-hydrogen) atoms. The number of aliphatic hydroxyl groups is 3. The molecule has 1 aromatic heterocycles. The van der Waals surface area contributed by atoms with E-state index in [1.54, 1.807) is 31.3 Å². The van der Waals surface area contributed by atoms with Crippen LogP contribution in [0.5, 0.6) is 11.6 Å². The fraction of sp³-hybridized carbons (Fsp3) is 0.615. The highest BCUT2D eigenvalue weighted by atomic mass is 16.5. The number of aliphatic hydroxyl groups excluding tert-OH is 2. The molecule has 7 unspecified atom stereocenters. The zero-order valence-electron chi connectivity index (χ0n) is 19.8. The molecule has 2 saturated carbocycles. The molecule has 0 saturated heterocycles. The van der Waals surface area contributed by atoms with Crippen molar-refractivity contribution >= 4 is 5.78 Å². The molecule has 2 fully saturated rings. The van der Waals surface area contributed by atoms with Crippen molar-refractivity contribution in [2.24, 2.45) is 34.5 Å². The summed E-state index contributed by atoms with van der Waals surface area (Å²) in [5.41, 5.74) is -2.43. The van der Waals surface area contributed by atoms with Gasteiger partial charge in [-0.05, 0) is 59.8 Å². The lowest BCUT2D eigenvalue weighted by Crippen LogP contribution is -2.66. The van der Waals surface area contributed by atoms with Gasteiger partial charge in [0.25, 0.3) is 5.88 Å². The smallest absolute Gasteiger partial charge is 0.257 e. The zero-order chi connectivity index (χ0) is 23.9. The van der Waals surface area contributed by atoms with Gasteiger partial charge in [0.1, 0.15) is 6.10 Å². The molecule has 5 rings (SSSR count). The molecular weight excluding hydrogens is 422 g/mol. The van der Waals surface area contributed by atoms with Crippen molar-refractivity contribution in [3.63, 3.8) is 0 Å². The number of ether oxygens (including phenoxy) is 2. The quantitative estimate of drug-likeness (QED) is 0.598. The summed E-state index contributed by atoms with van der Waals surface area (Å²) in [4.78, 5) is 18.6. The summed E-state index contributed by atoms with van der Waals surface area (Å²) in [6.07, 6.45) is 3.34. The minimum atomic E-state index is -2.00. The van der Waals surface area contributed by atoms with Gasteiger partial charge in [-0.3, -0.25) is 4.79 Å². The number of carbonyl (C=O) groups is 1. The Morgan fingerprint density at radius 1 is 1.30 bits per heavy atom. The van der Waals surface area contributed by atoms with E-state index in [0.29, 0.717) is 17.2 Å². The number of hydrogen-bond acceptors (Lipinski definition) is 7. The lowest BCUT2D eigenvalue weighted by Gasteiger charge is -2.48. The van der Waals surface area contributed by atoms with Crippen molar-refractivity contribution in [3.05, 3.63) is 41.6 Å². The van der Waals surface area contributed by atoms with Gasteiger partial charge in [0, 0.05) is 12.1 Å². The molecule has 8 atom stereocenters. The fourth-order valence-corrected chi connectivity index (χ4v) is 7.33. The normalized spacial score (nSPS) is 42.8. The van der Waals surface area contributed by atoms with Crippen molar-refractivity contribution < 1.29 is 29.6 Å². The van der Waals surface area contributed by atoms with Gasteiger partial charge in [0.2, 0.25) is 0 Å². The summed E-state index contributed by atoms with van der Waals surface area (Å²) in [7, 11) is 1.50. The summed E-state index contributed by atoms with van der Waals surface area (Å²) in [5.74, 6) is 0.197. The van der Waals surface area contributed by atoms with Gasteiger partial charge < -0.3 is 24.8 Å². The van der Waals surface area contributed by atoms with Crippen molar-refractivity contribution in [1.29, 1.82) is 0 Å². The van der Waals surface area contributed by atoms with Crippen LogP contribution in [-0.4, -0.2) is 57.6 Å². The van der Waals surface area contributed by atoms with Gasteiger partial charge in [0.15, 0.2) is 23.2 Å². The molecule has 7 heteroatoms. The second kappa shape index (κ2) is 7.14. The van der Waals surface area contributed by atoms with Crippen LogP contribution in [0.25, 0.3) is 0 Å². The number of methoxy groups -OCH3 is 1. The number of fused-ring (bicyclic) bond motifs is 3. The van der Waals surface area contributed by atoms with Crippen LogP contribution < -0.4 is 9.47 Å². The Hall–Kier alpha value is -2.22. The lowest BCUT2D eigenvalue weighted by atomic mass is 9.59. The van der Waals surface area contributed by atoms with E-state index < -0.39 is 35.7 Å². The Balaban J connectivity index is 1.69. The summed E-state index contributed by atoms with van der Waals surface area (Å²) < 4.78 is 11.6. The predicted octanol–water partition coefficient (Wildman–Crippen LogP) is 2.31. The standard InChI is InChI=1S/C26H33NO6/c1-13-11-25-14(2)9-17-19(24(17,3)4)16(21(25)30)10-15(12-28)20(29)26(25,31)22(13)33-23-18(32-5)7-6-8-27-23/h6-8,10-11,14,16-17,19-20,22,28-29,31H,9,12H2,1-5H3/t14-,16?,17?,19?,20?,22?,25?,26?/m1/s1. The van der Waals surface area contributed by atoms with Gasteiger partial charge in [0.05, 0.1) is 19.1 Å². The number of nitrogens with zero attached hydrogens (tertiary/aromatic N) is 1. The van der Waals surface area contributed by atoms with Gasteiger partial charge >= 0.3 is 0 Å². The Labute approximate surface area is 194 Å². The van der Waals surface area contributed by atoms with Crippen molar-refractivity contribution in [2.45, 2.75) is 51.9 Å². The number of carbonyl (C=O) groups excluding carboxylic acids is 1. The van der Waals surface area contributed by atoms with Gasteiger partial charge in [-0.2, -0.15) is 0 Å². The SMILES string of the molecule is COc1cccnc1OC1C(C)=CC23C(=O)C(C=C(CO)C(O)C12O)C1C(C[C@H]3C)C1(C)C. The molecule has 1 aromatic rings. The second-order valence-electron chi connectivity index (χ2n) is 10.9. The first-order valence-corrected chi connectivity index (χ1v) is 11.7. The summed E-state index contributed by atoms with van der Waals surface area (Å²) in [5, 5.41) is 34.2.